The van der Waals surface area contributed by atoms with Crippen molar-refractivity contribution in [3.8, 4) is 0 Å². The Kier molecular flexibility index (Phi) is 3.40. The highest BCUT2D eigenvalue weighted by Gasteiger charge is 2.37. The molecule has 0 aromatic carbocycles. The average molecular weight is 273 g/mol. The van der Waals surface area contributed by atoms with E-state index >= 15 is 0 Å². The van der Waals surface area contributed by atoms with Gasteiger partial charge in [-0.2, -0.15) is 4.31 Å². The van der Waals surface area contributed by atoms with Crippen LogP contribution < -0.4 is 0 Å². The van der Waals surface area contributed by atoms with E-state index in [2.05, 4.69) is 9.97 Å². The number of aryl methyl sites for hydroxylation is 1. The van der Waals surface area contributed by atoms with Gasteiger partial charge >= 0.3 is 5.97 Å². The summed E-state index contributed by atoms with van der Waals surface area (Å²) in [5.74, 6) is -0.467. The van der Waals surface area contributed by atoms with Crippen LogP contribution in [0.5, 0.6) is 0 Å². The number of aliphatic carboxylic acids is 1. The van der Waals surface area contributed by atoms with Crippen LogP contribution in [0.15, 0.2) is 11.2 Å². The molecule has 1 fully saturated rings. The Bertz CT molecular complexity index is 551. The Balaban J connectivity index is 2.26. The molecule has 1 unspecified atom stereocenters. The zero-order valence-corrected chi connectivity index (χ0v) is 10.8. The number of H-pyrrole nitrogens is 1. The molecule has 1 aromatic rings. The first-order valence-electron chi connectivity index (χ1n) is 5.66. The van der Waals surface area contributed by atoms with E-state index in [0.717, 1.165) is 0 Å². The van der Waals surface area contributed by atoms with Gasteiger partial charge in [0.15, 0.2) is 5.03 Å². The van der Waals surface area contributed by atoms with Gasteiger partial charge in [0.25, 0.3) is 10.0 Å². The molecule has 0 radical (unpaired) electrons. The highest BCUT2D eigenvalue weighted by Crippen LogP contribution is 2.26. The number of rotatable bonds is 4. The lowest BCUT2D eigenvalue weighted by Crippen LogP contribution is -2.37. The molecule has 7 nitrogen and oxygen atoms in total. The zero-order valence-electron chi connectivity index (χ0n) is 9.96. The number of aromatic amines is 1. The first kappa shape index (κ1) is 13.0. The lowest BCUT2D eigenvalue weighted by Gasteiger charge is -2.21. The standard InChI is InChI=1S/C10H15N3O4S/c1-7-11-6-9(12-7)18(16,17)13-4-2-3-8(13)5-10(14)15/h6,8H,2-5H2,1H3,(H,11,12)(H,14,15). The van der Waals surface area contributed by atoms with E-state index in [9.17, 15) is 13.2 Å². The molecule has 8 heteroatoms. The Morgan fingerprint density at radius 1 is 1.67 bits per heavy atom. The Labute approximate surface area is 105 Å². The minimum Gasteiger partial charge on any atom is -0.481 e. The van der Waals surface area contributed by atoms with Crippen LogP contribution in [0.25, 0.3) is 0 Å². The first-order chi connectivity index (χ1) is 8.41. The van der Waals surface area contributed by atoms with Gasteiger partial charge in [0.1, 0.15) is 5.82 Å². The summed E-state index contributed by atoms with van der Waals surface area (Å²) in [6.45, 7) is 2.02. The van der Waals surface area contributed by atoms with Gasteiger partial charge in [-0.3, -0.25) is 4.79 Å². The number of hydrogen-bond acceptors (Lipinski definition) is 4. The molecule has 1 atom stereocenters. The molecule has 0 aliphatic carbocycles. The molecule has 0 amide bonds. The van der Waals surface area contributed by atoms with Crippen LogP contribution in [0.1, 0.15) is 25.1 Å². The van der Waals surface area contributed by atoms with Crippen molar-refractivity contribution in [2.24, 2.45) is 0 Å². The number of nitrogens with zero attached hydrogens (tertiary/aromatic N) is 2. The summed E-state index contributed by atoms with van der Waals surface area (Å²) in [4.78, 5) is 17.3. The van der Waals surface area contributed by atoms with Crippen LogP contribution in [0.4, 0.5) is 0 Å². The van der Waals surface area contributed by atoms with Gasteiger partial charge in [-0.15, -0.1) is 0 Å². The lowest BCUT2D eigenvalue weighted by atomic mass is 10.2. The normalized spacial score (nSPS) is 21.3. The summed E-state index contributed by atoms with van der Waals surface area (Å²) < 4.78 is 25.9. The maximum atomic E-state index is 12.3. The second-order valence-electron chi connectivity index (χ2n) is 4.34. The van der Waals surface area contributed by atoms with Crippen molar-refractivity contribution in [2.75, 3.05) is 6.54 Å². The summed E-state index contributed by atoms with van der Waals surface area (Å²) in [5, 5.41) is 8.82. The van der Waals surface area contributed by atoms with E-state index in [0.29, 0.717) is 25.2 Å². The number of carbonyl (C=O) groups is 1. The van der Waals surface area contributed by atoms with Crippen LogP contribution in [-0.4, -0.2) is 46.4 Å². The highest BCUT2D eigenvalue weighted by atomic mass is 32.2. The summed E-state index contributed by atoms with van der Waals surface area (Å²) >= 11 is 0. The third-order valence-corrected chi connectivity index (χ3v) is 4.86. The van der Waals surface area contributed by atoms with Crippen molar-refractivity contribution < 1.29 is 18.3 Å². The van der Waals surface area contributed by atoms with Gasteiger partial charge in [0.2, 0.25) is 0 Å². The summed E-state index contributed by atoms with van der Waals surface area (Å²) in [7, 11) is -3.66. The van der Waals surface area contributed by atoms with Crippen molar-refractivity contribution in [3.05, 3.63) is 12.0 Å². The van der Waals surface area contributed by atoms with E-state index in [1.54, 1.807) is 6.92 Å². The topological polar surface area (TPSA) is 103 Å². The molecule has 1 aliphatic rings. The fraction of sp³-hybridized carbons (Fsp3) is 0.600. The second kappa shape index (κ2) is 4.69. The number of hydrogen-bond donors (Lipinski definition) is 2. The van der Waals surface area contributed by atoms with E-state index in [4.69, 9.17) is 5.11 Å². The fourth-order valence-corrected chi connectivity index (χ4v) is 3.84. The average Bonchev–Trinajstić information content (AvgIpc) is 2.86. The predicted molar refractivity (Wildman–Crippen MR) is 62.5 cm³/mol. The predicted octanol–water partition coefficient (Wildman–Crippen LogP) is 0.346. The van der Waals surface area contributed by atoms with Crippen molar-refractivity contribution in [3.63, 3.8) is 0 Å². The number of imidazole rings is 1. The third-order valence-electron chi connectivity index (χ3n) is 3.00. The van der Waals surface area contributed by atoms with Crippen LogP contribution >= 0.6 is 0 Å². The van der Waals surface area contributed by atoms with E-state index in [-0.39, 0.29) is 11.4 Å². The first-order valence-corrected chi connectivity index (χ1v) is 7.10. The minimum absolute atomic E-state index is 0.0253. The summed E-state index contributed by atoms with van der Waals surface area (Å²) in [6.07, 6.45) is 2.37. The van der Waals surface area contributed by atoms with Crippen LogP contribution in [0.2, 0.25) is 0 Å². The quantitative estimate of drug-likeness (QED) is 0.823. The molecular weight excluding hydrogens is 258 g/mol. The SMILES string of the molecule is Cc1ncc(S(=O)(=O)N2CCCC2CC(=O)O)[nH]1. The Hall–Kier alpha value is -1.41. The van der Waals surface area contributed by atoms with Gasteiger partial charge < -0.3 is 10.1 Å². The number of sulfonamides is 1. The van der Waals surface area contributed by atoms with Gasteiger partial charge in [-0.1, -0.05) is 0 Å². The monoisotopic (exact) mass is 273 g/mol. The zero-order chi connectivity index (χ0) is 13.3. The maximum absolute atomic E-state index is 12.3. The Morgan fingerprint density at radius 3 is 2.94 bits per heavy atom. The van der Waals surface area contributed by atoms with Crippen molar-refractivity contribution in [2.45, 2.75) is 37.3 Å². The fourth-order valence-electron chi connectivity index (χ4n) is 2.19. The van der Waals surface area contributed by atoms with Crippen LogP contribution in [0, 0.1) is 6.92 Å². The molecule has 0 bridgehead atoms. The summed E-state index contributed by atoms with van der Waals surface area (Å²) in [5.41, 5.74) is 0. The van der Waals surface area contributed by atoms with E-state index in [1.807, 2.05) is 0 Å². The number of carboxylic acids is 1. The molecule has 0 spiro atoms. The maximum Gasteiger partial charge on any atom is 0.304 e. The number of nitrogens with one attached hydrogen (secondary N) is 1. The highest BCUT2D eigenvalue weighted by molar-refractivity contribution is 7.89. The second-order valence-corrected chi connectivity index (χ2v) is 6.20. The molecule has 0 saturated carbocycles. The molecule has 1 aliphatic heterocycles. The van der Waals surface area contributed by atoms with Crippen molar-refractivity contribution in [1.82, 2.24) is 14.3 Å². The minimum atomic E-state index is -3.66. The lowest BCUT2D eigenvalue weighted by molar-refractivity contribution is -0.137. The molecule has 18 heavy (non-hydrogen) atoms. The molecule has 1 aromatic heterocycles. The van der Waals surface area contributed by atoms with Gasteiger partial charge in [0.05, 0.1) is 12.6 Å². The van der Waals surface area contributed by atoms with Crippen molar-refractivity contribution >= 4 is 16.0 Å². The molecule has 2 N–H and O–H groups in total. The smallest absolute Gasteiger partial charge is 0.304 e. The van der Waals surface area contributed by atoms with E-state index < -0.39 is 22.0 Å². The van der Waals surface area contributed by atoms with Crippen LogP contribution in [-0.2, 0) is 14.8 Å². The molecule has 2 heterocycles. The molecular formula is C10H15N3O4S. The number of carboxylic acid groups (broad SMARTS) is 1. The van der Waals surface area contributed by atoms with Crippen molar-refractivity contribution in [1.29, 1.82) is 0 Å². The van der Waals surface area contributed by atoms with Gasteiger partial charge in [0, 0.05) is 12.6 Å². The van der Waals surface area contributed by atoms with E-state index in [1.165, 1.54) is 10.5 Å². The van der Waals surface area contributed by atoms with Gasteiger partial charge in [-0.05, 0) is 19.8 Å². The Morgan fingerprint density at radius 2 is 2.39 bits per heavy atom. The molecule has 2 rings (SSSR count). The summed E-state index contributed by atoms with van der Waals surface area (Å²) in [6, 6.07) is -0.462. The third kappa shape index (κ3) is 2.39. The molecule has 1 saturated heterocycles. The molecule has 100 valence electrons. The van der Waals surface area contributed by atoms with Gasteiger partial charge in [-0.25, -0.2) is 13.4 Å². The van der Waals surface area contributed by atoms with Crippen LogP contribution in [0.3, 0.4) is 0 Å². The largest absolute Gasteiger partial charge is 0.481 e. The number of aromatic nitrogens is 2.